The molecule has 0 aliphatic carbocycles. The molecule has 2 N–H and O–H groups in total. The minimum atomic E-state index is -0.140. The summed E-state index contributed by atoms with van der Waals surface area (Å²) in [6, 6.07) is 12.9. The van der Waals surface area contributed by atoms with Gasteiger partial charge in [0, 0.05) is 42.4 Å². The van der Waals surface area contributed by atoms with Crippen molar-refractivity contribution in [3.8, 4) is 11.4 Å². The summed E-state index contributed by atoms with van der Waals surface area (Å²) in [5.41, 5.74) is 3.85. The Bertz CT molecular complexity index is 1090. The Morgan fingerprint density at radius 3 is 2.60 bits per heavy atom. The van der Waals surface area contributed by atoms with E-state index in [1.165, 1.54) is 6.07 Å². The van der Waals surface area contributed by atoms with E-state index in [9.17, 15) is 4.79 Å². The van der Waals surface area contributed by atoms with E-state index in [-0.39, 0.29) is 5.56 Å². The molecular weight excluding hydrogens is 382 g/mol. The summed E-state index contributed by atoms with van der Waals surface area (Å²) in [4.78, 5) is 26.3. The number of rotatable bonds is 4. The topological polar surface area (TPSA) is 92.4 Å². The third-order valence-electron chi connectivity index (χ3n) is 5.30. The van der Waals surface area contributed by atoms with Crippen molar-refractivity contribution < 1.29 is 9.47 Å². The number of nitrogens with one attached hydrogen (secondary N) is 2. The molecule has 154 valence electrons. The van der Waals surface area contributed by atoms with Gasteiger partial charge in [0.25, 0.3) is 0 Å². The fourth-order valence-electron chi connectivity index (χ4n) is 3.76. The van der Waals surface area contributed by atoms with Gasteiger partial charge in [-0.15, -0.1) is 0 Å². The molecule has 1 fully saturated rings. The quantitative estimate of drug-likeness (QED) is 0.689. The lowest BCUT2D eigenvalue weighted by Crippen LogP contribution is -2.38. The van der Waals surface area contributed by atoms with E-state index in [0.29, 0.717) is 32.2 Å². The van der Waals surface area contributed by atoms with E-state index in [0.717, 1.165) is 53.7 Å². The number of aromatic amines is 1. The first-order valence-electron chi connectivity index (χ1n) is 10.1. The van der Waals surface area contributed by atoms with Crippen LogP contribution in [0.4, 0.5) is 17.3 Å². The van der Waals surface area contributed by atoms with Crippen LogP contribution in [0.2, 0.25) is 0 Å². The van der Waals surface area contributed by atoms with Crippen LogP contribution >= 0.6 is 0 Å². The molecule has 1 saturated heterocycles. The number of H-pyrrole nitrogens is 1. The van der Waals surface area contributed by atoms with Crippen LogP contribution in [0.25, 0.3) is 11.4 Å². The van der Waals surface area contributed by atoms with E-state index in [2.05, 4.69) is 15.2 Å². The predicted molar refractivity (Wildman–Crippen MR) is 114 cm³/mol. The Balaban J connectivity index is 1.45. The third-order valence-corrected chi connectivity index (χ3v) is 5.30. The van der Waals surface area contributed by atoms with E-state index < -0.39 is 0 Å². The van der Waals surface area contributed by atoms with Gasteiger partial charge in [0.2, 0.25) is 5.56 Å². The Hall–Kier alpha value is -3.23. The minimum Gasteiger partial charge on any atom is -0.378 e. The van der Waals surface area contributed by atoms with Gasteiger partial charge < -0.3 is 24.7 Å². The fourth-order valence-corrected chi connectivity index (χ4v) is 3.76. The van der Waals surface area contributed by atoms with Crippen LogP contribution in [-0.2, 0) is 22.5 Å². The molecule has 2 aliphatic rings. The van der Waals surface area contributed by atoms with Crippen molar-refractivity contribution in [3.05, 3.63) is 64.1 Å². The standard InChI is InChI=1S/C22H23N5O3/c28-20-3-1-2-19(25-20)23-16-6-4-15(5-7-16)21-24-18-8-11-30-14-17(18)22(26-21)27-9-12-29-13-10-27/h1-7H,8-14H2,(H2,23,25,28). The van der Waals surface area contributed by atoms with E-state index in [1.807, 2.05) is 30.3 Å². The molecule has 0 atom stereocenters. The van der Waals surface area contributed by atoms with Crippen LogP contribution in [0.5, 0.6) is 0 Å². The monoisotopic (exact) mass is 405 g/mol. The van der Waals surface area contributed by atoms with Gasteiger partial charge in [0.05, 0.1) is 32.1 Å². The Morgan fingerprint density at radius 2 is 1.80 bits per heavy atom. The zero-order valence-electron chi connectivity index (χ0n) is 16.6. The van der Waals surface area contributed by atoms with Gasteiger partial charge in [0.1, 0.15) is 11.6 Å². The average molecular weight is 405 g/mol. The molecular formula is C22H23N5O3. The summed E-state index contributed by atoms with van der Waals surface area (Å²) < 4.78 is 11.2. The number of nitrogens with zero attached hydrogens (tertiary/aromatic N) is 3. The van der Waals surface area contributed by atoms with E-state index >= 15 is 0 Å². The molecule has 2 aromatic heterocycles. The van der Waals surface area contributed by atoms with Crippen molar-refractivity contribution in [1.29, 1.82) is 0 Å². The summed E-state index contributed by atoms with van der Waals surface area (Å²) in [6.07, 6.45) is 0.795. The van der Waals surface area contributed by atoms with Crippen LogP contribution in [0.15, 0.2) is 47.3 Å². The second-order valence-corrected chi connectivity index (χ2v) is 7.33. The molecule has 0 radical (unpaired) electrons. The predicted octanol–water partition coefficient (Wildman–Crippen LogP) is 2.48. The van der Waals surface area contributed by atoms with Gasteiger partial charge >= 0.3 is 0 Å². The molecule has 1 aromatic carbocycles. The largest absolute Gasteiger partial charge is 0.378 e. The number of anilines is 3. The van der Waals surface area contributed by atoms with Gasteiger partial charge in [0.15, 0.2) is 5.82 Å². The SMILES string of the molecule is O=c1cccc(Nc2ccc(-c3nc4c(c(N5CCOCC5)n3)COCC4)cc2)[nH]1. The molecule has 5 rings (SSSR count). The molecule has 0 unspecified atom stereocenters. The van der Waals surface area contributed by atoms with Crippen LogP contribution in [0.3, 0.4) is 0 Å². The van der Waals surface area contributed by atoms with Crippen molar-refractivity contribution in [1.82, 2.24) is 15.0 Å². The highest BCUT2D eigenvalue weighted by atomic mass is 16.5. The van der Waals surface area contributed by atoms with Crippen molar-refractivity contribution >= 4 is 17.3 Å². The van der Waals surface area contributed by atoms with Crippen molar-refractivity contribution in [2.45, 2.75) is 13.0 Å². The van der Waals surface area contributed by atoms with Crippen LogP contribution in [-0.4, -0.2) is 47.9 Å². The number of ether oxygens (including phenoxy) is 2. The Kier molecular flexibility index (Phi) is 5.17. The zero-order chi connectivity index (χ0) is 20.3. The Labute approximate surface area is 173 Å². The summed E-state index contributed by atoms with van der Waals surface area (Å²) >= 11 is 0. The normalized spacial score (nSPS) is 16.2. The van der Waals surface area contributed by atoms with Crippen LogP contribution in [0.1, 0.15) is 11.3 Å². The summed E-state index contributed by atoms with van der Waals surface area (Å²) in [5.74, 6) is 2.33. The molecule has 2 aliphatic heterocycles. The summed E-state index contributed by atoms with van der Waals surface area (Å²) in [5, 5.41) is 3.20. The number of hydrogen-bond acceptors (Lipinski definition) is 7. The first kappa shape index (κ1) is 18.8. The highest BCUT2D eigenvalue weighted by Gasteiger charge is 2.23. The zero-order valence-corrected chi connectivity index (χ0v) is 16.6. The molecule has 3 aromatic rings. The number of morpholine rings is 1. The Morgan fingerprint density at radius 1 is 0.967 bits per heavy atom. The fraction of sp³-hybridized carbons (Fsp3) is 0.318. The molecule has 0 bridgehead atoms. The van der Waals surface area contributed by atoms with Gasteiger partial charge in [-0.2, -0.15) is 0 Å². The number of fused-ring (bicyclic) bond motifs is 1. The number of aromatic nitrogens is 3. The van der Waals surface area contributed by atoms with Crippen LogP contribution in [0, 0.1) is 0 Å². The second-order valence-electron chi connectivity index (χ2n) is 7.33. The smallest absolute Gasteiger partial charge is 0.249 e. The maximum Gasteiger partial charge on any atom is 0.249 e. The first-order valence-corrected chi connectivity index (χ1v) is 10.1. The third kappa shape index (κ3) is 3.92. The van der Waals surface area contributed by atoms with Gasteiger partial charge in [-0.05, 0) is 30.3 Å². The average Bonchev–Trinajstić information content (AvgIpc) is 2.79. The van der Waals surface area contributed by atoms with Crippen LogP contribution < -0.4 is 15.8 Å². The van der Waals surface area contributed by atoms with Gasteiger partial charge in [-0.1, -0.05) is 6.07 Å². The maximum absolute atomic E-state index is 11.5. The highest BCUT2D eigenvalue weighted by molar-refractivity contribution is 5.65. The lowest BCUT2D eigenvalue weighted by Gasteiger charge is -2.31. The molecule has 8 nitrogen and oxygen atoms in total. The molecule has 0 amide bonds. The molecule has 8 heteroatoms. The van der Waals surface area contributed by atoms with Gasteiger partial charge in [-0.25, -0.2) is 9.97 Å². The maximum atomic E-state index is 11.5. The van der Waals surface area contributed by atoms with Crippen molar-refractivity contribution in [3.63, 3.8) is 0 Å². The lowest BCUT2D eigenvalue weighted by molar-refractivity contribution is 0.107. The molecule has 30 heavy (non-hydrogen) atoms. The van der Waals surface area contributed by atoms with Crippen molar-refractivity contribution in [2.24, 2.45) is 0 Å². The van der Waals surface area contributed by atoms with E-state index in [4.69, 9.17) is 19.4 Å². The number of pyridine rings is 1. The molecule has 4 heterocycles. The summed E-state index contributed by atoms with van der Waals surface area (Å²) in [6.45, 7) is 4.29. The molecule has 0 spiro atoms. The molecule has 0 saturated carbocycles. The lowest BCUT2D eigenvalue weighted by atomic mass is 10.1. The summed E-state index contributed by atoms with van der Waals surface area (Å²) in [7, 11) is 0. The number of benzene rings is 1. The van der Waals surface area contributed by atoms with E-state index in [1.54, 1.807) is 6.07 Å². The minimum absolute atomic E-state index is 0.140. The van der Waals surface area contributed by atoms with Crippen molar-refractivity contribution in [2.75, 3.05) is 43.1 Å². The first-order chi connectivity index (χ1) is 14.8. The number of hydrogen-bond donors (Lipinski definition) is 2. The highest BCUT2D eigenvalue weighted by Crippen LogP contribution is 2.29. The second kappa shape index (κ2) is 8.25. The van der Waals surface area contributed by atoms with Gasteiger partial charge in [-0.3, -0.25) is 4.79 Å².